The number of hydrogen-bond donors (Lipinski definition) is 1. The Balaban J connectivity index is 1.55. The van der Waals surface area contributed by atoms with Crippen molar-refractivity contribution in [1.29, 1.82) is 0 Å². The zero-order chi connectivity index (χ0) is 20.9. The molecule has 5 heteroatoms. The minimum Gasteiger partial charge on any atom is -0.322 e. The fourth-order valence-electron chi connectivity index (χ4n) is 3.68. The molecule has 1 aliphatic rings. The Bertz CT molecular complexity index is 1030. The highest BCUT2D eigenvalue weighted by Crippen LogP contribution is 2.43. The average molecular weight is 417 g/mol. The van der Waals surface area contributed by atoms with Crippen molar-refractivity contribution in [3.05, 3.63) is 95.6 Å². The van der Waals surface area contributed by atoms with Gasteiger partial charge in [-0.05, 0) is 47.9 Å². The average Bonchev–Trinajstić information content (AvgIpc) is 3.17. The number of rotatable bonds is 6. The van der Waals surface area contributed by atoms with E-state index in [1.807, 2.05) is 65.6 Å². The molecule has 3 aromatic rings. The molecule has 2 amide bonds. The first-order chi connectivity index (χ1) is 14.7. The largest absolute Gasteiger partial charge is 0.322 e. The number of carbonyl (C=O) groups excluding carboxylic acids is 2. The number of thioether (sulfide) groups is 1. The van der Waals surface area contributed by atoms with Crippen LogP contribution in [-0.2, 0) is 11.2 Å². The van der Waals surface area contributed by atoms with Crippen LogP contribution in [0.3, 0.4) is 0 Å². The van der Waals surface area contributed by atoms with Crippen LogP contribution in [0.4, 0.5) is 11.4 Å². The third kappa shape index (κ3) is 4.26. The number of anilines is 2. The SMILES string of the molecule is CCCc1ccccc1N1C(=O)CSC1c1ccc(NC(=O)c2ccccc2)cc1. The lowest BCUT2D eigenvalue weighted by molar-refractivity contribution is -0.115. The molecule has 1 saturated heterocycles. The summed E-state index contributed by atoms with van der Waals surface area (Å²) in [5.41, 5.74) is 4.61. The van der Waals surface area contributed by atoms with Gasteiger partial charge in [0.25, 0.3) is 5.91 Å². The Hall–Kier alpha value is -3.05. The maximum atomic E-state index is 12.7. The van der Waals surface area contributed by atoms with E-state index >= 15 is 0 Å². The number of para-hydroxylation sites is 1. The van der Waals surface area contributed by atoms with E-state index in [9.17, 15) is 9.59 Å². The van der Waals surface area contributed by atoms with E-state index in [0.29, 0.717) is 11.3 Å². The van der Waals surface area contributed by atoms with Gasteiger partial charge in [0.1, 0.15) is 5.37 Å². The smallest absolute Gasteiger partial charge is 0.255 e. The molecule has 3 aromatic carbocycles. The molecule has 1 aliphatic heterocycles. The van der Waals surface area contributed by atoms with Gasteiger partial charge >= 0.3 is 0 Å². The lowest BCUT2D eigenvalue weighted by Gasteiger charge is -2.26. The van der Waals surface area contributed by atoms with E-state index in [4.69, 9.17) is 0 Å². The van der Waals surface area contributed by atoms with E-state index in [1.54, 1.807) is 23.9 Å². The summed E-state index contributed by atoms with van der Waals surface area (Å²) in [5.74, 6) is 0.469. The summed E-state index contributed by atoms with van der Waals surface area (Å²) < 4.78 is 0. The summed E-state index contributed by atoms with van der Waals surface area (Å²) in [6, 6.07) is 25.1. The van der Waals surface area contributed by atoms with Crippen LogP contribution in [-0.4, -0.2) is 17.6 Å². The van der Waals surface area contributed by atoms with Gasteiger partial charge in [-0.15, -0.1) is 11.8 Å². The molecule has 4 rings (SSSR count). The first-order valence-electron chi connectivity index (χ1n) is 10.2. The second kappa shape index (κ2) is 9.18. The monoisotopic (exact) mass is 416 g/mol. The maximum absolute atomic E-state index is 12.7. The van der Waals surface area contributed by atoms with Crippen molar-refractivity contribution in [3.63, 3.8) is 0 Å². The summed E-state index contributed by atoms with van der Waals surface area (Å²) in [5, 5.41) is 2.87. The number of hydrogen-bond acceptors (Lipinski definition) is 3. The molecular formula is C25H24N2O2S. The predicted molar refractivity (Wildman–Crippen MR) is 124 cm³/mol. The number of nitrogens with zero attached hydrogens (tertiary/aromatic N) is 1. The van der Waals surface area contributed by atoms with Crippen LogP contribution >= 0.6 is 11.8 Å². The van der Waals surface area contributed by atoms with Gasteiger partial charge < -0.3 is 5.32 Å². The van der Waals surface area contributed by atoms with Crippen LogP contribution < -0.4 is 10.2 Å². The molecule has 0 radical (unpaired) electrons. The Morgan fingerprint density at radius 2 is 1.70 bits per heavy atom. The standard InChI is InChI=1S/C25H24N2O2S/c1-2-8-18-9-6-7-12-22(18)27-23(28)17-30-25(27)20-13-15-21(16-14-20)26-24(29)19-10-4-3-5-11-19/h3-7,9-16,25H,2,8,17H2,1H3,(H,26,29). The van der Waals surface area contributed by atoms with Crippen LogP contribution in [0.5, 0.6) is 0 Å². The quantitative estimate of drug-likeness (QED) is 0.563. The van der Waals surface area contributed by atoms with E-state index in [2.05, 4.69) is 18.3 Å². The molecule has 1 N–H and O–H groups in total. The summed E-state index contributed by atoms with van der Waals surface area (Å²) in [6.07, 6.45) is 1.98. The van der Waals surface area contributed by atoms with E-state index in [-0.39, 0.29) is 17.2 Å². The summed E-state index contributed by atoms with van der Waals surface area (Å²) in [7, 11) is 0. The second-order valence-electron chi connectivity index (χ2n) is 7.25. The van der Waals surface area contributed by atoms with Crippen LogP contribution in [0.2, 0.25) is 0 Å². The molecule has 30 heavy (non-hydrogen) atoms. The van der Waals surface area contributed by atoms with Crippen molar-refractivity contribution in [2.75, 3.05) is 16.0 Å². The molecule has 0 bridgehead atoms. The van der Waals surface area contributed by atoms with Crippen LogP contribution in [0.25, 0.3) is 0 Å². The number of nitrogens with one attached hydrogen (secondary N) is 1. The molecule has 152 valence electrons. The third-order valence-electron chi connectivity index (χ3n) is 5.13. The molecule has 4 nitrogen and oxygen atoms in total. The fourth-order valence-corrected chi connectivity index (χ4v) is 4.85. The summed E-state index contributed by atoms with van der Waals surface area (Å²) >= 11 is 1.64. The topological polar surface area (TPSA) is 49.4 Å². The molecule has 1 fully saturated rings. The van der Waals surface area contributed by atoms with E-state index < -0.39 is 0 Å². The normalized spacial score (nSPS) is 16.0. The van der Waals surface area contributed by atoms with Crippen molar-refractivity contribution < 1.29 is 9.59 Å². The fraction of sp³-hybridized carbons (Fsp3) is 0.200. The Labute approximate surface area is 181 Å². The van der Waals surface area contributed by atoms with Crippen molar-refractivity contribution in [3.8, 4) is 0 Å². The molecule has 1 atom stereocenters. The molecular weight excluding hydrogens is 392 g/mol. The van der Waals surface area contributed by atoms with Crippen molar-refractivity contribution >= 4 is 35.0 Å². The number of carbonyl (C=O) groups is 2. The van der Waals surface area contributed by atoms with Crippen molar-refractivity contribution in [2.45, 2.75) is 25.1 Å². The van der Waals surface area contributed by atoms with E-state index in [0.717, 1.165) is 29.8 Å². The van der Waals surface area contributed by atoms with Gasteiger partial charge in [-0.2, -0.15) is 0 Å². The zero-order valence-corrected chi connectivity index (χ0v) is 17.7. The first kappa shape index (κ1) is 20.2. The zero-order valence-electron chi connectivity index (χ0n) is 16.9. The van der Waals surface area contributed by atoms with Crippen LogP contribution in [0.1, 0.15) is 40.2 Å². The number of benzene rings is 3. The maximum Gasteiger partial charge on any atom is 0.255 e. The number of aryl methyl sites for hydroxylation is 1. The van der Waals surface area contributed by atoms with Crippen molar-refractivity contribution in [1.82, 2.24) is 0 Å². The Morgan fingerprint density at radius 3 is 2.43 bits per heavy atom. The minimum absolute atomic E-state index is 0.0608. The molecule has 0 aromatic heterocycles. The Morgan fingerprint density at radius 1 is 1.00 bits per heavy atom. The van der Waals surface area contributed by atoms with Gasteiger partial charge in [-0.3, -0.25) is 14.5 Å². The van der Waals surface area contributed by atoms with Gasteiger partial charge in [-0.25, -0.2) is 0 Å². The second-order valence-corrected chi connectivity index (χ2v) is 8.32. The highest BCUT2D eigenvalue weighted by atomic mass is 32.2. The Kier molecular flexibility index (Phi) is 6.19. The summed E-state index contributed by atoms with van der Waals surface area (Å²) in [6.45, 7) is 2.15. The lowest BCUT2D eigenvalue weighted by Crippen LogP contribution is -2.28. The highest BCUT2D eigenvalue weighted by molar-refractivity contribution is 8.00. The van der Waals surface area contributed by atoms with Gasteiger partial charge in [0.2, 0.25) is 5.91 Å². The predicted octanol–water partition coefficient (Wildman–Crippen LogP) is 5.67. The van der Waals surface area contributed by atoms with Crippen LogP contribution in [0, 0.1) is 0 Å². The van der Waals surface area contributed by atoms with E-state index in [1.165, 1.54) is 5.56 Å². The number of amides is 2. The minimum atomic E-state index is -0.135. The molecule has 0 spiro atoms. The van der Waals surface area contributed by atoms with Gasteiger partial charge in [0, 0.05) is 16.9 Å². The molecule has 0 aliphatic carbocycles. The van der Waals surface area contributed by atoms with Crippen LogP contribution in [0.15, 0.2) is 78.9 Å². The van der Waals surface area contributed by atoms with Gasteiger partial charge in [0.05, 0.1) is 5.75 Å². The molecule has 1 heterocycles. The molecule has 1 unspecified atom stereocenters. The third-order valence-corrected chi connectivity index (χ3v) is 6.34. The van der Waals surface area contributed by atoms with Gasteiger partial charge in [-0.1, -0.05) is 61.9 Å². The molecule has 0 saturated carbocycles. The lowest BCUT2D eigenvalue weighted by atomic mass is 10.1. The highest BCUT2D eigenvalue weighted by Gasteiger charge is 2.34. The summed E-state index contributed by atoms with van der Waals surface area (Å²) in [4.78, 5) is 27.0. The first-order valence-corrected chi connectivity index (χ1v) is 11.2. The van der Waals surface area contributed by atoms with Crippen molar-refractivity contribution in [2.24, 2.45) is 0 Å². The van der Waals surface area contributed by atoms with Gasteiger partial charge in [0.15, 0.2) is 0 Å².